The third-order valence-electron chi connectivity index (χ3n) is 5.57. The molecule has 0 amide bonds. The monoisotopic (exact) mass is 430 g/mol. The van der Waals surface area contributed by atoms with Crippen molar-refractivity contribution in [3.05, 3.63) is 77.4 Å². The van der Waals surface area contributed by atoms with Gasteiger partial charge in [-0.3, -0.25) is 0 Å². The topological polar surface area (TPSA) is 18.5 Å². The molecular weight excluding hydrogens is 408 g/mol. The van der Waals surface area contributed by atoms with Gasteiger partial charge in [-0.2, -0.15) is 4.39 Å². The fraction of sp³-hybridized carbons (Fsp3) is 0.280. The van der Waals surface area contributed by atoms with Crippen LogP contribution in [0.15, 0.2) is 48.5 Å². The van der Waals surface area contributed by atoms with Crippen LogP contribution in [0.5, 0.6) is 5.75 Å². The molecule has 1 saturated heterocycles. The Bertz CT molecular complexity index is 1070. The summed E-state index contributed by atoms with van der Waals surface area (Å²) in [4.78, 5) is 0. The van der Waals surface area contributed by atoms with E-state index in [9.17, 15) is 17.6 Å². The highest BCUT2D eigenvalue weighted by atomic mass is 19.2. The second-order valence-corrected chi connectivity index (χ2v) is 7.49. The van der Waals surface area contributed by atoms with Crippen LogP contribution in [0.4, 0.5) is 17.6 Å². The molecule has 1 aliphatic rings. The lowest BCUT2D eigenvalue weighted by Crippen LogP contribution is -2.17. The summed E-state index contributed by atoms with van der Waals surface area (Å²) in [6.07, 6.45) is 1.58. The second kappa shape index (κ2) is 9.10. The summed E-state index contributed by atoms with van der Waals surface area (Å²) in [5.74, 6) is -4.17. The van der Waals surface area contributed by atoms with Gasteiger partial charge in [0.05, 0.1) is 13.2 Å². The van der Waals surface area contributed by atoms with E-state index >= 15 is 0 Å². The molecule has 162 valence electrons. The highest BCUT2D eigenvalue weighted by Gasteiger charge is 2.23. The Morgan fingerprint density at radius 1 is 0.806 bits per heavy atom. The Balaban J connectivity index is 1.63. The number of hydrogen-bond acceptors (Lipinski definition) is 2. The highest BCUT2D eigenvalue weighted by Crippen LogP contribution is 2.35. The van der Waals surface area contributed by atoms with E-state index in [1.54, 1.807) is 43.3 Å². The van der Waals surface area contributed by atoms with Crippen molar-refractivity contribution in [2.45, 2.75) is 25.7 Å². The van der Waals surface area contributed by atoms with Crippen LogP contribution in [0.25, 0.3) is 22.3 Å². The number of ether oxygens (including phenoxy) is 2. The Morgan fingerprint density at radius 3 is 2.00 bits per heavy atom. The first-order chi connectivity index (χ1) is 15.0. The minimum atomic E-state index is -1.06. The standard InChI is InChI=1S/C25H22F4O2/c1-2-31-21-12-11-19(24(28)25(21)29)16-7-5-15(6-8-16)18-9-10-20(23(27)22(18)26)17-4-3-13-30-14-17/h5-12,17H,2-4,13-14H2,1H3. The SMILES string of the molecule is CCOc1ccc(-c2ccc(-c3ccc(C4CCCOC4)c(F)c3F)cc2)c(F)c1F. The maximum absolute atomic E-state index is 14.8. The summed E-state index contributed by atoms with van der Waals surface area (Å²) in [5, 5.41) is 0. The van der Waals surface area contributed by atoms with Crippen LogP contribution in [0.3, 0.4) is 0 Å². The molecule has 0 bridgehead atoms. The van der Waals surface area contributed by atoms with E-state index in [4.69, 9.17) is 9.47 Å². The third kappa shape index (κ3) is 4.17. The Hall–Kier alpha value is -2.86. The van der Waals surface area contributed by atoms with E-state index in [1.807, 2.05) is 0 Å². The van der Waals surface area contributed by atoms with Crippen molar-refractivity contribution in [2.75, 3.05) is 19.8 Å². The van der Waals surface area contributed by atoms with Gasteiger partial charge in [-0.05, 0) is 48.6 Å². The molecule has 3 aromatic rings. The van der Waals surface area contributed by atoms with Crippen molar-refractivity contribution in [2.24, 2.45) is 0 Å². The van der Waals surface area contributed by atoms with Gasteiger partial charge in [0, 0.05) is 23.7 Å². The van der Waals surface area contributed by atoms with Crippen LogP contribution in [0.1, 0.15) is 31.2 Å². The van der Waals surface area contributed by atoms with Crippen LogP contribution < -0.4 is 4.74 Å². The minimum Gasteiger partial charge on any atom is -0.491 e. The predicted octanol–water partition coefficient (Wildman–Crippen LogP) is 6.87. The first-order valence-corrected chi connectivity index (χ1v) is 10.3. The molecule has 2 nitrogen and oxygen atoms in total. The van der Waals surface area contributed by atoms with Crippen molar-refractivity contribution in [3.63, 3.8) is 0 Å². The maximum atomic E-state index is 14.8. The molecule has 0 N–H and O–H groups in total. The Morgan fingerprint density at radius 2 is 1.42 bits per heavy atom. The molecule has 4 rings (SSSR count). The summed E-state index contributed by atoms with van der Waals surface area (Å²) in [6, 6.07) is 12.2. The molecule has 31 heavy (non-hydrogen) atoms. The van der Waals surface area contributed by atoms with Crippen molar-refractivity contribution in [3.8, 4) is 28.0 Å². The predicted molar refractivity (Wildman–Crippen MR) is 111 cm³/mol. The van der Waals surface area contributed by atoms with Gasteiger partial charge in [0.2, 0.25) is 5.82 Å². The molecule has 0 saturated carbocycles. The first-order valence-electron chi connectivity index (χ1n) is 10.3. The zero-order valence-electron chi connectivity index (χ0n) is 17.1. The lowest BCUT2D eigenvalue weighted by molar-refractivity contribution is 0.0792. The maximum Gasteiger partial charge on any atom is 0.201 e. The van der Waals surface area contributed by atoms with E-state index in [0.717, 1.165) is 12.8 Å². The van der Waals surface area contributed by atoms with Crippen molar-refractivity contribution < 1.29 is 27.0 Å². The van der Waals surface area contributed by atoms with Gasteiger partial charge in [-0.25, -0.2) is 13.2 Å². The molecule has 1 heterocycles. The lowest BCUT2D eigenvalue weighted by atomic mass is 9.91. The third-order valence-corrected chi connectivity index (χ3v) is 5.57. The average Bonchev–Trinajstić information content (AvgIpc) is 2.80. The number of hydrogen-bond donors (Lipinski definition) is 0. The van der Waals surface area contributed by atoms with Gasteiger partial charge in [0.1, 0.15) is 0 Å². The van der Waals surface area contributed by atoms with Gasteiger partial charge < -0.3 is 9.47 Å². The van der Waals surface area contributed by atoms with Crippen LogP contribution in [-0.4, -0.2) is 19.8 Å². The van der Waals surface area contributed by atoms with Crippen LogP contribution >= 0.6 is 0 Å². The molecule has 1 unspecified atom stereocenters. The Labute approximate surface area is 178 Å². The summed E-state index contributed by atoms with van der Waals surface area (Å²) >= 11 is 0. The van der Waals surface area contributed by atoms with Crippen molar-refractivity contribution in [1.82, 2.24) is 0 Å². The summed E-state index contributed by atoms with van der Waals surface area (Å²) in [6.45, 7) is 2.93. The van der Waals surface area contributed by atoms with E-state index in [2.05, 4.69) is 0 Å². The molecular formula is C25H22F4O2. The molecule has 1 aliphatic heterocycles. The van der Waals surface area contributed by atoms with E-state index in [0.29, 0.717) is 29.9 Å². The Kier molecular flexibility index (Phi) is 6.28. The largest absolute Gasteiger partial charge is 0.491 e. The molecule has 3 aromatic carbocycles. The van der Waals surface area contributed by atoms with Gasteiger partial charge in [0.25, 0.3) is 0 Å². The smallest absolute Gasteiger partial charge is 0.201 e. The second-order valence-electron chi connectivity index (χ2n) is 7.49. The molecule has 0 aromatic heterocycles. The zero-order chi connectivity index (χ0) is 22.0. The molecule has 0 radical (unpaired) electrons. The highest BCUT2D eigenvalue weighted by molar-refractivity contribution is 5.71. The van der Waals surface area contributed by atoms with E-state index in [1.165, 1.54) is 12.1 Å². The number of rotatable bonds is 5. The molecule has 1 fully saturated rings. The molecule has 0 aliphatic carbocycles. The number of halogens is 4. The molecule has 6 heteroatoms. The number of benzene rings is 3. The van der Waals surface area contributed by atoms with E-state index < -0.39 is 23.3 Å². The molecule has 0 spiro atoms. The van der Waals surface area contributed by atoms with Gasteiger partial charge in [-0.1, -0.05) is 36.4 Å². The van der Waals surface area contributed by atoms with Crippen LogP contribution in [-0.2, 0) is 4.74 Å². The fourth-order valence-corrected chi connectivity index (χ4v) is 3.94. The van der Waals surface area contributed by atoms with Crippen LogP contribution in [0, 0.1) is 23.3 Å². The minimum absolute atomic E-state index is 0.0619. The summed E-state index contributed by atoms with van der Waals surface area (Å²) in [7, 11) is 0. The normalized spacial score (nSPS) is 16.4. The van der Waals surface area contributed by atoms with Gasteiger partial charge in [-0.15, -0.1) is 0 Å². The summed E-state index contributed by atoms with van der Waals surface area (Å²) < 4.78 is 68.6. The van der Waals surface area contributed by atoms with E-state index in [-0.39, 0.29) is 29.4 Å². The van der Waals surface area contributed by atoms with Crippen molar-refractivity contribution in [1.29, 1.82) is 0 Å². The van der Waals surface area contributed by atoms with Crippen LogP contribution in [0.2, 0.25) is 0 Å². The quantitative estimate of drug-likeness (QED) is 0.411. The van der Waals surface area contributed by atoms with Gasteiger partial charge >= 0.3 is 0 Å². The average molecular weight is 430 g/mol. The summed E-state index contributed by atoms with van der Waals surface area (Å²) in [5.41, 5.74) is 1.36. The fourth-order valence-electron chi connectivity index (χ4n) is 3.94. The zero-order valence-corrected chi connectivity index (χ0v) is 17.1. The first kappa shape index (κ1) is 21.4. The lowest BCUT2D eigenvalue weighted by Gasteiger charge is -2.23. The van der Waals surface area contributed by atoms with Crippen molar-refractivity contribution >= 4 is 0 Å². The van der Waals surface area contributed by atoms with Gasteiger partial charge in [0.15, 0.2) is 23.2 Å². The molecule has 1 atom stereocenters.